The number of imidazole rings is 1. The smallest absolute Gasteiger partial charge is 0.175 e. The fourth-order valence-corrected chi connectivity index (χ4v) is 2.72. The normalized spacial score (nSPS) is 11.7. The van der Waals surface area contributed by atoms with Crippen LogP contribution in [0.3, 0.4) is 0 Å². The first-order valence-corrected chi connectivity index (χ1v) is 8.06. The highest BCUT2D eigenvalue weighted by Gasteiger charge is 2.15. The van der Waals surface area contributed by atoms with E-state index in [1.807, 2.05) is 0 Å². The molecule has 7 heteroatoms. The average Bonchev–Trinajstić information content (AvgIpc) is 2.89. The summed E-state index contributed by atoms with van der Waals surface area (Å²) >= 11 is 0. The summed E-state index contributed by atoms with van der Waals surface area (Å²) in [4.78, 5) is 11.8. The number of nitrogens with one attached hydrogen (secondary N) is 1. The molecule has 0 saturated carbocycles. The summed E-state index contributed by atoms with van der Waals surface area (Å²) in [5, 5.41) is 0. The van der Waals surface area contributed by atoms with Crippen molar-refractivity contribution in [3.63, 3.8) is 0 Å². The minimum absolute atomic E-state index is 0.209. The summed E-state index contributed by atoms with van der Waals surface area (Å²) in [6.45, 7) is 0. The predicted molar refractivity (Wildman–Crippen MR) is 79.0 cm³/mol. The third kappa shape index (κ3) is 2.47. The van der Waals surface area contributed by atoms with Crippen molar-refractivity contribution in [3.05, 3.63) is 36.7 Å². The van der Waals surface area contributed by atoms with Crippen LogP contribution in [0.25, 0.3) is 22.4 Å². The molecule has 0 saturated heterocycles. The van der Waals surface area contributed by atoms with Gasteiger partial charge >= 0.3 is 0 Å². The van der Waals surface area contributed by atoms with Crippen LogP contribution in [-0.2, 0) is 9.84 Å². The van der Waals surface area contributed by atoms with Crippen LogP contribution < -0.4 is 4.74 Å². The van der Waals surface area contributed by atoms with Crippen LogP contribution in [0.4, 0.5) is 0 Å². The van der Waals surface area contributed by atoms with Crippen molar-refractivity contribution >= 4 is 20.9 Å². The fraction of sp³-hybridized carbons (Fsp3) is 0.143. The van der Waals surface area contributed by atoms with Gasteiger partial charge in [0.05, 0.1) is 34.8 Å². The van der Waals surface area contributed by atoms with Gasteiger partial charge in [-0.15, -0.1) is 0 Å². The molecule has 21 heavy (non-hydrogen) atoms. The number of methoxy groups -OCH3 is 1. The summed E-state index contributed by atoms with van der Waals surface area (Å²) < 4.78 is 28.5. The van der Waals surface area contributed by atoms with E-state index in [1.165, 1.54) is 13.2 Å². The van der Waals surface area contributed by atoms with Crippen molar-refractivity contribution in [2.45, 2.75) is 4.90 Å². The third-order valence-corrected chi connectivity index (χ3v) is 4.25. The summed E-state index contributed by atoms with van der Waals surface area (Å²) in [5.74, 6) is 1.06. The standard InChI is InChI=1S/C14H13N3O3S/c1-20-13-7-9(21(2,18)19)3-4-10(13)14-16-11-5-6-15-8-12(11)17-14/h3-8H,1-2H3,(H,16,17). The van der Waals surface area contributed by atoms with Gasteiger partial charge in [0.25, 0.3) is 0 Å². The second kappa shape index (κ2) is 4.85. The maximum Gasteiger partial charge on any atom is 0.175 e. The number of rotatable bonds is 3. The molecule has 0 radical (unpaired) electrons. The quantitative estimate of drug-likeness (QED) is 0.800. The minimum atomic E-state index is -3.28. The van der Waals surface area contributed by atoms with Crippen molar-refractivity contribution in [3.8, 4) is 17.1 Å². The molecular formula is C14H13N3O3S. The molecular weight excluding hydrogens is 290 g/mol. The number of aromatic amines is 1. The van der Waals surface area contributed by atoms with Crippen molar-refractivity contribution in [2.24, 2.45) is 0 Å². The lowest BCUT2D eigenvalue weighted by molar-refractivity contribution is 0.415. The van der Waals surface area contributed by atoms with E-state index in [9.17, 15) is 8.42 Å². The van der Waals surface area contributed by atoms with E-state index < -0.39 is 9.84 Å². The summed E-state index contributed by atoms with van der Waals surface area (Å²) in [7, 11) is -1.78. The lowest BCUT2D eigenvalue weighted by Crippen LogP contribution is -1.99. The molecule has 0 atom stereocenters. The minimum Gasteiger partial charge on any atom is -0.496 e. The lowest BCUT2D eigenvalue weighted by atomic mass is 10.2. The number of pyridine rings is 1. The zero-order valence-corrected chi connectivity index (χ0v) is 12.3. The SMILES string of the molecule is COc1cc(S(C)(=O)=O)ccc1-c1nc2ccncc2[nH]1. The van der Waals surface area contributed by atoms with Gasteiger partial charge in [-0.2, -0.15) is 0 Å². The number of hydrogen-bond donors (Lipinski definition) is 1. The van der Waals surface area contributed by atoms with Gasteiger partial charge in [-0.05, 0) is 24.3 Å². The van der Waals surface area contributed by atoms with Crippen LogP contribution in [0.15, 0.2) is 41.6 Å². The zero-order valence-electron chi connectivity index (χ0n) is 11.5. The molecule has 0 aliphatic heterocycles. The molecule has 0 amide bonds. The maximum absolute atomic E-state index is 11.6. The molecule has 6 nitrogen and oxygen atoms in total. The largest absolute Gasteiger partial charge is 0.496 e. The Hall–Kier alpha value is -2.41. The molecule has 3 rings (SSSR count). The predicted octanol–water partition coefficient (Wildman–Crippen LogP) is 2.04. The molecule has 0 aliphatic carbocycles. The maximum atomic E-state index is 11.6. The lowest BCUT2D eigenvalue weighted by Gasteiger charge is -2.08. The Kier molecular flexibility index (Phi) is 3.13. The molecule has 108 valence electrons. The Bertz CT molecular complexity index is 883. The van der Waals surface area contributed by atoms with Crippen molar-refractivity contribution in [1.82, 2.24) is 15.0 Å². The fourth-order valence-electron chi connectivity index (χ4n) is 2.08. The van der Waals surface area contributed by atoms with Crippen molar-refractivity contribution in [1.29, 1.82) is 0 Å². The molecule has 2 aromatic heterocycles. The Balaban J connectivity index is 2.17. The van der Waals surface area contributed by atoms with Crippen LogP contribution in [-0.4, -0.2) is 36.7 Å². The summed E-state index contributed by atoms with van der Waals surface area (Å²) in [6, 6.07) is 6.52. The highest BCUT2D eigenvalue weighted by atomic mass is 32.2. The van der Waals surface area contributed by atoms with Gasteiger partial charge in [-0.25, -0.2) is 13.4 Å². The van der Waals surface area contributed by atoms with Gasteiger partial charge in [-0.1, -0.05) is 0 Å². The third-order valence-electron chi connectivity index (χ3n) is 3.14. The van der Waals surface area contributed by atoms with Crippen LogP contribution in [0.5, 0.6) is 5.75 Å². The number of ether oxygens (including phenoxy) is 1. The van der Waals surface area contributed by atoms with Gasteiger partial charge in [-0.3, -0.25) is 4.98 Å². The zero-order chi connectivity index (χ0) is 15.0. The number of aromatic nitrogens is 3. The van der Waals surface area contributed by atoms with Crippen LogP contribution in [0.1, 0.15) is 0 Å². The van der Waals surface area contributed by atoms with Crippen molar-refractivity contribution < 1.29 is 13.2 Å². The Morgan fingerprint density at radius 2 is 2.05 bits per heavy atom. The van der Waals surface area contributed by atoms with E-state index in [0.717, 1.165) is 17.3 Å². The van der Waals surface area contributed by atoms with Crippen LogP contribution >= 0.6 is 0 Å². The van der Waals surface area contributed by atoms with E-state index in [-0.39, 0.29) is 4.90 Å². The molecule has 0 aliphatic rings. The highest BCUT2D eigenvalue weighted by molar-refractivity contribution is 7.90. The molecule has 0 bridgehead atoms. The van der Waals surface area contributed by atoms with E-state index >= 15 is 0 Å². The van der Waals surface area contributed by atoms with Crippen molar-refractivity contribution in [2.75, 3.05) is 13.4 Å². The highest BCUT2D eigenvalue weighted by Crippen LogP contribution is 2.31. The summed E-state index contributed by atoms with van der Waals surface area (Å²) in [5.41, 5.74) is 2.29. The number of sulfone groups is 1. The monoisotopic (exact) mass is 303 g/mol. The van der Waals surface area contributed by atoms with Gasteiger partial charge in [0.1, 0.15) is 11.6 Å². The van der Waals surface area contributed by atoms with E-state index in [4.69, 9.17) is 4.74 Å². The van der Waals surface area contributed by atoms with Gasteiger partial charge in [0, 0.05) is 12.5 Å². The number of fused-ring (bicyclic) bond motifs is 1. The van der Waals surface area contributed by atoms with E-state index in [2.05, 4.69) is 15.0 Å². The molecule has 1 N–H and O–H groups in total. The number of nitrogens with zero attached hydrogens (tertiary/aromatic N) is 2. The Labute approximate surface area is 121 Å². The summed E-state index contributed by atoms with van der Waals surface area (Å²) in [6.07, 6.45) is 4.51. The first-order chi connectivity index (χ1) is 9.99. The number of H-pyrrole nitrogens is 1. The van der Waals surface area contributed by atoms with Crippen LogP contribution in [0.2, 0.25) is 0 Å². The Morgan fingerprint density at radius 1 is 1.24 bits per heavy atom. The second-order valence-electron chi connectivity index (χ2n) is 4.61. The molecule has 1 aromatic carbocycles. The second-order valence-corrected chi connectivity index (χ2v) is 6.63. The van der Waals surface area contributed by atoms with E-state index in [1.54, 1.807) is 30.6 Å². The number of benzene rings is 1. The topological polar surface area (TPSA) is 84.9 Å². The molecule has 3 aromatic rings. The Morgan fingerprint density at radius 3 is 2.71 bits per heavy atom. The molecule has 0 spiro atoms. The van der Waals surface area contributed by atoms with E-state index in [0.29, 0.717) is 17.1 Å². The van der Waals surface area contributed by atoms with Gasteiger partial charge in [0.15, 0.2) is 9.84 Å². The number of hydrogen-bond acceptors (Lipinski definition) is 5. The average molecular weight is 303 g/mol. The molecule has 0 unspecified atom stereocenters. The van der Waals surface area contributed by atoms with Crippen LogP contribution in [0, 0.1) is 0 Å². The first-order valence-electron chi connectivity index (χ1n) is 6.17. The van der Waals surface area contributed by atoms with Gasteiger partial charge in [0.2, 0.25) is 0 Å². The van der Waals surface area contributed by atoms with Gasteiger partial charge < -0.3 is 9.72 Å². The molecule has 0 fully saturated rings. The molecule has 2 heterocycles. The first kappa shape index (κ1) is 13.6.